The van der Waals surface area contributed by atoms with Gasteiger partial charge in [-0.15, -0.1) is 0 Å². The second-order valence-corrected chi connectivity index (χ2v) is 7.60. The topological polar surface area (TPSA) is 48.9 Å². The summed E-state index contributed by atoms with van der Waals surface area (Å²) in [7, 11) is 1.78. The van der Waals surface area contributed by atoms with Gasteiger partial charge in [-0.2, -0.15) is 0 Å². The Kier molecular flexibility index (Phi) is 8.89. The highest BCUT2D eigenvalue weighted by Crippen LogP contribution is 2.23. The van der Waals surface area contributed by atoms with Crippen LogP contribution in [-0.2, 0) is 4.74 Å². The number of methoxy groups -OCH3 is 1. The molecule has 2 aliphatic rings. The first kappa shape index (κ1) is 19.5. The van der Waals surface area contributed by atoms with E-state index in [0.717, 1.165) is 44.0 Å². The lowest BCUT2D eigenvalue weighted by Crippen LogP contribution is -2.45. The molecule has 2 rings (SSSR count). The molecule has 140 valence electrons. The smallest absolute Gasteiger partial charge is 0.191 e. The number of nitrogens with one attached hydrogen (secondary N) is 2. The summed E-state index contributed by atoms with van der Waals surface area (Å²) in [5.74, 6) is 2.65. The van der Waals surface area contributed by atoms with Crippen molar-refractivity contribution in [1.29, 1.82) is 0 Å². The fourth-order valence-corrected chi connectivity index (χ4v) is 3.75. The van der Waals surface area contributed by atoms with Crippen LogP contribution in [-0.4, -0.2) is 63.3 Å². The fraction of sp³-hybridized carbons (Fsp3) is 0.947. The van der Waals surface area contributed by atoms with Crippen LogP contribution in [0.1, 0.15) is 52.4 Å². The first-order chi connectivity index (χ1) is 11.7. The van der Waals surface area contributed by atoms with Crippen LogP contribution in [0.3, 0.4) is 0 Å². The van der Waals surface area contributed by atoms with Crippen LogP contribution >= 0.6 is 0 Å². The van der Waals surface area contributed by atoms with Gasteiger partial charge in [0.15, 0.2) is 5.96 Å². The zero-order valence-electron chi connectivity index (χ0n) is 16.0. The highest BCUT2D eigenvalue weighted by molar-refractivity contribution is 5.80. The highest BCUT2D eigenvalue weighted by atomic mass is 16.5. The van der Waals surface area contributed by atoms with Crippen molar-refractivity contribution in [2.75, 3.05) is 46.4 Å². The molecule has 0 bridgehead atoms. The predicted molar refractivity (Wildman–Crippen MR) is 102 cm³/mol. The molecular formula is C19H38N4O. The van der Waals surface area contributed by atoms with E-state index in [1.165, 1.54) is 51.6 Å². The van der Waals surface area contributed by atoms with Crippen molar-refractivity contribution in [2.45, 2.75) is 58.4 Å². The van der Waals surface area contributed by atoms with E-state index in [4.69, 9.17) is 9.73 Å². The number of hydrogen-bond acceptors (Lipinski definition) is 3. The molecule has 0 atom stereocenters. The quantitative estimate of drug-likeness (QED) is 0.553. The third kappa shape index (κ3) is 6.98. The molecule has 0 amide bonds. The molecule has 0 aromatic rings. The zero-order valence-corrected chi connectivity index (χ0v) is 16.0. The normalized spacial score (nSPS) is 27.2. The Balaban J connectivity index is 1.72. The molecule has 1 saturated heterocycles. The number of piperidine rings is 1. The van der Waals surface area contributed by atoms with E-state index < -0.39 is 0 Å². The van der Waals surface area contributed by atoms with Crippen LogP contribution in [0.25, 0.3) is 0 Å². The van der Waals surface area contributed by atoms with Gasteiger partial charge < -0.3 is 20.3 Å². The lowest BCUT2D eigenvalue weighted by atomic mass is 9.87. The Bertz CT molecular complexity index is 358. The molecule has 0 spiro atoms. The molecule has 1 heterocycles. The maximum absolute atomic E-state index is 5.18. The lowest BCUT2D eigenvalue weighted by Gasteiger charge is -2.31. The van der Waals surface area contributed by atoms with E-state index in [1.54, 1.807) is 7.11 Å². The number of hydrogen-bond donors (Lipinski definition) is 2. The Morgan fingerprint density at radius 1 is 1.12 bits per heavy atom. The predicted octanol–water partition coefficient (Wildman–Crippen LogP) is 2.48. The molecule has 2 N–H and O–H groups in total. The van der Waals surface area contributed by atoms with Crippen molar-refractivity contribution in [1.82, 2.24) is 15.5 Å². The van der Waals surface area contributed by atoms with Gasteiger partial charge in [-0.25, -0.2) is 0 Å². The van der Waals surface area contributed by atoms with Crippen LogP contribution in [0, 0.1) is 11.8 Å². The van der Waals surface area contributed by atoms with Crippen molar-refractivity contribution in [3.63, 3.8) is 0 Å². The summed E-state index contributed by atoms with van der Waals surface area (Å²) >= 11 is 0. The molecule has 0 aromatic heterocycles. The summed E-state index contributed by atoms with van der Waals surface area (Å²) in [5, 5.41) is 7.09. The molecule has 0 aromatic carbocycles. The molecule has 5 nitrogen and oxygen atoms in total. The van der Waals surface area contributed by atoms with Crippen molar-refractivity contribution in [3.8, 4) is 0 Å². The molecule has 5 heteroatoms. The van der Waals surface area contributed by atoms with Gasteiger partial charge in [-0.3, -0.25) is 4.99 Å². The van der Waals surface area contributed by atoms with Gasteiger partial charge in [0.2, 0.25) is 0 Å². The molecule has 0 radical (unpaired) electrons. The summed E-state index contributed by atoms with van der Waals surface area (Å²) in [4.78, 5) is 7.40. The van der Waals surface area contributed by atoms with Gasteiger partial charge in [0, 0.05) is 32.8 Å². The second kappa shape index (κ2) is 10.9. The fourth-order valence-electron chi connectivity index (χ4n) is 3.75. The maximum atomic E-state index is 5.18. The van der Waals surface area contributed by atoms with Gasteiger partial charge >= 0.3 is 0 Å². The van der Waals surface area contributed by atoms with Crippen molar-refractivity contribution in [3.05, 3.63) is 0 Å². The third-order valence-electron chi connectivity index (χ3n) is 5.53. The molecule has 1 aliphatic heterocycles. The minimum atomic E-state index is 0.606. The first-order valence-corrected chi connectivity index (χ1v) is 9.97. The number of aliphatic imine (C=N–C) groups is 1. The van der Waals surface area contributed by atoms with Gasteiger partial charge in [-0.05, 0) is 70.4 Å². The maximum Gasteiger partial charge on any atom is 0.191 e. The number of nitrogens with zero attached hydrogens (tertiary/aromatic N) is 2. The molecule has 2 fully saturated rings. The molecule has 0 unspecified atom stereocenters. The van der Waals surface area contributed by atoms with Crippen LogP contribution < -0.4 is 10.6 Å². The molecule has 1 aliphatic carbocycles. The molecule has 1 saturated carbocycles. The van der Waals surface area contributed by atoms with Crippen LogP contribution in [0.15, 0.2) is 4.99 Å². The summed E-state index contributed by atoms with van der Waals surface area (Å²) < 4.78 is 5.18. The third-order valence-corrected chi connectivity index (χ3v) is 5.53. The minimum Gasteiger partial charge on any atom is -0.383 e. The Morgan fingerprint density at radius 2 is 1.83 bits per heavy atom. The highest BCUT2D eigenvalue weighted by Gasteiger charge is 2.20. The van der Waals surface area contributed by atoms with Crippen LogP contribution in [0.4, 0.5) is 0 Å². The average Bonchev–Trinajstić information content (AvgIpc) is 2.61. The Morgan fingerprint density at radius 3 is 2.46 bits per heavy atom. The Hall–Kier alpha value is -0.810. The first-order valence-electron chi connectivity index (χ1n) is 9.97. The number of guanidine groups is 1. The largest absolute Gasteiger partial charge is 0.383 e. The van der Waals surface area contributed by atoms with Gasteiger partial charge in [0.1, 0.15) is 0 Å². The molecular weight excluding hydrogens is 300 g/mol. The summed E-state index contributed by atoms with van der Waals surface area (Å²) in [5.41, 5.74) is 0. The van der Waals surface area contributed by atoms with Crippen LogP contribution in [0.2, 0.25) is 0 Å². The Labute approximate surface area is 148 Å². The summed E-state index contributed by atoms with van der Waals surface area (Å²) in [6.07, 6.45) is 7.77. The van der Waals surface area contributed by atoms with Gasteiger partial charge in [0.25, 0.3) is 0 Å². The average molecular weight is 339 g/mol. The van der Waals surface area contributed by atoms with E-state index in [0.29, 0.717) is 6.04 Å². The van der Waals surface area contributed by atoms with Gasteiger partial charge in [-0.1, -0.05) is 6.92 Å². The number of ether oxygens (including phenoxy) is 1. The summed E-state index contributed by atoms with van der Waals surface area (Å²) in [6.45, 7) is 10.7. The van der Waals surface area contributed by atoms with Crippen molar-refractivity contribution in [2.24, 2.45) is 16.8 Å². The second-order valence-electron chi connectivity index (χ2n) is 7.60. The lowest BCUT2D eigenvalue weighted by molar-refractivity contribution is 0.121. The van der Waals surface area contributed by atoms with E-state index in [9.17, 15) is 0 Å². The SMILES string of the molecule is CCNC(=NCC1CCN(CCOC)CC1)NC1CCC(C)CC1. The number of rotatable bonds is 7. The zero-order chi connectivity index (χ0) is 17.2. The van der Waals surface area contributed by atoms with Crippen molar-refractivity contribution >= 4 is 5.96 Å². The monoisotopic (exact) mass is 338 g/mol. The number of likely N-dealkylation sites (tertiary alicyclic amines) is 1. The van der Waals surface area contributed by atoms with Crippen molar-refractivity contribution < 1.29 is 4.74 Å². The van der Waals surface area contributed by atoms with Gasteiger partial charge in [0.05, 0.1) is 6.61 Å². The van der Waals surface area contributed by atoms with E-state index in [1.807, 2.05) is 0 Å². The van der Waals surface area contributed by atoms with Crippen LogP contribution in [0.5, 0.6) is 0 Å². The minimum absolute atomic E-state index is 0.606. The van der Waals surface area contributed by atoms with E-state index in [2.05, 4.69) is 29.4 Å². The van der Waals surface area contributed by atoms with E-state index in [-0.39, 0.29) is 0 Å². The standard InChI is InChI=1S/C19H38N4O/c1-4-20-19(22-18-7-5-16(2)6-8-18)21-15-17-9-11-23(12-10-17)13-14-24-3/h16-18H,4-15H2,1-3H3,(H2,20,21,22). The summed E-state index contributed by atoms with van der Waals surface area (Å²) in [6, 6.07) is 0.606. The van der Waals surface area contributed by atoms with E-state index >= 15 is 0 Å². The molecule has 24 heavy (non-hydrogen) atoms.